The Labute approximate surface area is 166 Å². The number of aryl methyl sites for hydroxylation is 2. The molecule has 0 aliphatic carbocycles. The molecule has 0 spiro atoms. The van der Waals surface area contributed by atoms with Crippen LogP contribution in [0.1, 0.15) is 16.7 Å². The van der Waals surface area contributed by atoms with Crippen LogP contribution in [0.5, 0.6) is 0 Å². The highest BCUT2D eigenvalue weighted by atomic mass is 35.5. The van der Waals surface area contributed by atoms with Crippen LogP contribution in [0.4, 0.5) is 5.69 Å². The van der Waals surface area contributed by atoms with E-state index in [1.165, 1.54) is 17.3 Å². The zero-order valence-electron chi connectivity index (χ0n) is 14.7. The molecule has 1 amide bonds. The van der Waals surface area contributed by atoms with E-state index in [0.717, 1.165) is 11.3 Å². The van der Waals surface area contributed by atoms with Gasteiger partial charge in [0, 0.05) is 5.02 Å². The summed E-state index contributed by atoms with van der Waals surface area (Å²) in [6.45, 7) is 4.06. The summed E-state index contributed by atoms with van der Waals surface area (Å²) in [5.41, 5.74) is 3.99. The molecule has 0 saturated carbocycles. The summed E-state index contributed by atoms with van der Waals surface area (Å²) in [5, 5.41) is 21.0. The van der Waals surface area contributed by atoms with Crippen molar-refractivity contribution in [2.24, 2.45) is 0 Å². The molecule has 0 radical (unpaired) electrons. The third-order valence-electron chi connectivity index (χ3n) is 3.84. The van der Waals surface area contributed by atoms with Crippen molar-refractivity contribution in [3.63, 3.8) is 0 Å². The molecule has 27 heavy (non-hydrogen) atoms. The number of thioether (sulfide) groups is 1. The Morgan fingerprint density at radius 1 is 1.30 bits per heavy atom. The lowest BCUT2D eigenvalue weighted by molar-refractivity contribution is -0.113. The van der Waals surface area contributed by atoms with Crippen molar-refractivity contribution in [3.05, 3.63) is 64.4 Å². The third-order valence-corrected chi connectivity index (χ3v) is 5.01. The Morgan fingerprint density at radius 3 is 2.85 bits per heavy atom. The van der Waals surface area contributed by atoms with Gasteiger partial charge in [-0.25, -0.2) is 0 Å². The van der Waals surface area contributed by atoms with Crippen LogP contribution in [-0.2, 0) is 4.79 Å². The van der Waals surface area contributed by atoms with E-state index < -0.39 is 0 Å². The quantitative estimate of drug-likeness (QED) is 0.654. The maximum absolute atomic E-state index is 12.3. The number of nitrogens with one attached hydrogen (secondary N) is 1. The molecule has 0 bridgehead atoms. The number of hydrogen-bond acceptors (Lipinski definition) is 5. The molecule has 1 N–H and O–H groups in total. The van der Waals surface area contributed by atoms with Gasteiger partial charge in [0.1, 0.15) is 12.4 Å². The minimum Gasteiger partial charge on any atom is -0.324 e. The summed E-state index contributed by atoms with van der Waals surface area (Å²) in [4.78, 5) is 12.3. The predicted molar refractivity (Wildman–Crippen MR) is 106 cm³/mol. The normalized spacial score (nSPS) is 10.4. The SMILES string of the molecule is Cc1ccc(-n2cnnc2SCC(=O)Nc2cc(Cl)ccc2C#N)c(C)c1. The van der Waals surface area contributed by atoms with E-state index in [1.807, 2.05) is 36.6 Å². The van der Waals surface area contributed by atoms with E-state index >= 15 is 0 Å². The Balaban J connectivity index is 1.71. The van der Waals surface area contributed by atoms with E-state index in [0.29, 0.717) is 21.4 Å². The van der Waals surface area contributed by atoms with Crippen molar-refractivity contribution in [1.29, 1.82) is 5.26 Å². The molecule has 0 aliphatic rings. The van der Waals surface area contributed by atoms with Crippen LogP contribution in [0.3, 0.4) is 0 Å². The van der Waals surface area contributed by atoms with Gasteiger partial charge in [0.2, 0.25) is 5.91 Å². The van der Waals surface area contributed by atoms with Crippen LogP contribution in [0.25, 0.3) is 5.69 Å². The molecule has 6 nitrogen and oxygen atoms in total. The maximum atomic E-state index is 12.3. The van der Waals surface area contributed by atoms with Crippen molar-refractivity contribution in [2.45, 2.75) is 19.0 Å². The number of nitrogens with zero attached hydrogens (tertiary/aromatic N) is 4. The molecular weight excluding hydrogens is 382 g/mol. The summed E-state index contributed by atoms with van der Waals surface area (Å²) in [6, 6.07) is 12.9. The fourth-order valence-corrected chi connectivity index (χ4v) is 3.49. The van der Waals surface area contributed by atoms with Gasteiger partial charge in [0.05, 0.1) is 22.7 Å². The van der Waals surface area contributed by atoms with E-state index in [4.69, 9.17) is 16.9 Å². The van der Waals surface area contributed by atoms with Crippen LogP contribution in [-0.4, -0.2) is 26.4 Å². The summed E-state index contributed by atoms with van der Waals surface area (Å²) in [5.74, 6) is -0.130. The molecule has 0 unspecified atom stereocenters. The average molecular weight is 398 g/mol. The summed E-state index contributed by atoms with van der Waals surface area (Å²) in [7, 11) is 0. The van der Waals surface area contributed by atoms with Crippen molar-refractivity contribution in [2.75, 3.05) is 11.1 Å². The number of nitriles is 1. The van der Waals surface area contributed by atoms with E-state index in [-0.39, 0.29) is 11.7 Å². The number of carbonyl (C=O) groups is 1. The first-order valence-corrected chi connectivity index (χ1v) is 9.44. The fourth-order valence-electron chi connectivity index (χ4n) is 2.60. The van der Waals surface area contributed by atoms with E-state index in [9.17, 15) is 4.79 Å². The van der Waals surface area contributed by atoms with Gasteiger partial charge in [-0.1, -0.05) is 41.1 Å². The Bertz CT molecular complexity index is 1040. The Morgan fingerprint density at radius 2 is 2.11 bits per heavy atom. The first-order chi connectivity index (χ1) is 13.0. The molecule has 2 aromatic carbocycles. The Kier molecular flexibility index (Phi) is 5.79. The number of hydrogen-bond donors (Lipinski definition) is 1. The largest absolute Gasteiger partial charge is 0.324 e. The highest BCUT2D eigenvalue weighted by Gasteiger charge is 2.13. The van der Waals surface area contributed by atoms with Crippen molar-refractivity contribution >= 4 is 35.0 Å². The lowest BCUT2D eigenvalue weighted by Crippen LogP contribution is -2.15. The van der Waals surface area contributed by atoms with Gasteiger partial charge >= 0.3 is 0 Å². The number of rotatable bonds is 5. The topological polar surface area (TPSA) is 83.6 Å². The standard InChI is InChI=1S/C19H16ClN5OS/c1-12-3-6-17(13(2)7-12)25-11-22-24-19(25)27-10-18(26)23-16-8-15(20)5-4-14(16)9-21/h3-8,11H,10H2,1-2H3,(H,23,26). The summed E-state index contributed by atoms with van der Waals surface area (Å²) >= 11 is 7.21. The fraction of sp³-hybridized carbons (Fsp3) is 0.158. The number of amides is 1. The monoisotopic (exact) mass is 397 g/mol. The van der Waals surface area contributed by atoms with Crippen LogP contribution in [0.2, 0.25) is 5.02 Å². The molecule has 136 valence electrons. The second kappa shape index (κ2) is 8.25. The molecule has 0 atom stereocenters. The lowest BCUT2D eigenvalue weighted by atomic mass is 10.1. The number of benzene rings is 2. The van der Waals surface area contributed by atoms with Crippen molar-refractivity contribution in [1.82, 2.24) is 14.8 Å². The van der Waals surface area contributed by atoms with E-state index in [1.54, 1.807) is 24.5 Å². The average Bonchev–Trinajstić information content (AvgIpc) is 3.08. The highest BCUT2D eigenvalue weighted by Crippen LogP contribution is 2.24. The molecule has 3 aromatic rings. The highest BCUT2D eigenvalue weighted by molar-refractivity contribution is 7.99. The minimum atomic E-state index is -0.256. The van der Waals surface area contributed by atoms with Crippen LogP contribution < -0.4 is 5.32 Å². The van der Waals surface area contributed by atoms with E-state index in [2.05, 4.69) is 21.6 Å². The van der Waals surface area contributed by atoms with Gasteiger partial charge in [0.25, 0.3) is 0 Å². The zero-order valence-corrected chi connectivity index (χ0v) is 16.3. The number of carbonyl (C=O) groups excluding carboxylic acids is 1. The van der Waals surface area contributed by atoms with Crippen LogP contribution >= 0.6 is 23.4 Å². The predicted octanol–water partition coefficient (Wildman–Crippen LogP) is 4.14. The van der Waals surface area contributed by atoms with Crippen molar-refractivity contribution in [3.8, 4) is 11.8 Å². The summed E-state index contributed by atoms with van der Waals surface area (Å²) < 4.78 is 1.85. The number of aromatic nitrogens is 3. The van der Waals surface area contributed by atoms with Gasteiger partial charge in [-0.2, -0.15) is 5.26 Å². The third kappa shape index (κ3) is 4.48. The molecule has 0 saturated heterocycles. The molecule has 8 heteroatoms. The van der Waals surface area contributed by atoms with Gasteiger partial charge in [0.15, 0.2) is 5.16 Å². The summed E-state index contributed by atoms with van der Waals surface area (Å²) in [6.07, 6.45) is 1.63. The smallest absolute Gasteiger partial charge is 0.234 e. The number of anilines is 1. The first-order valence-electron chi connectivity index (χ1n) is 8.08. The van der Waals surface area contributed by atoms with Gasteiger partial charge < -0.3 is 5.32 Å². The van der Waals surface area contributed by atoms with Gasteiger partial charge in [-0.15, -0.1) is 10.2 Å². The molecule has 3 rings (SSSR count). The van der Waals surface area contributed by atoms with Crippen LogP contribution in [0.15, 0.2) is 47.9 Å². The van der Waals surface area contributed by atoms with Crippen molar-refractivity contribution < 1.29 is 4.79 Å². The second-order valence-corrected chi connectivity index (χ2v) is 7.29. The second-order valence-electron chi connectivity index (χ2n) is 5.91. The molecule has 1 aromatic heterocycles. The van der Waals surface area contributed by atoms with Gasteiger partial charge in [-0.05, 0) is 43.7 Å². The lowest BCUT2D eigenvalue weighted by Gasteiger charge is -2.10. The Hall–Kier alpha value is -2.82. The zero-order chi connectivity index (χ0) is 19.4. The van der Waals surface area contributed by atoms with Gasteiger partial charge in [-0.3, -0.25) is 9.36 Å². The first kappa shape index (κ1) is 19.0. The molecular formula is C19H16ClN5OS. The number of halogens is 1. The van der Waals surface area contributed by atoms with Crippen LogP contribution in [0, 0.1) is 25.2 Å². The maximum Gasteiger partial charge on any atom is 0.234 e. The molecule has 0 fully saturated rings. The molecule has 0 aliphatic heterocycles. The molecule has 1 heterocycles. The minimum absolute atomic E-state index is 0.126.